The fourth-order valence-corrected chi connectivity index (χ4v) is 1.83. The van der Waals surface area contributed by atoms with E-state index in [4.69, 9.17) is 4.74 Å². The summed E-state index contributed by atoms with van der Waals surface area (Å²) < 4.78 is 6.42. The van der Waals surface area contributed by atoms with Crippen molar-refractivity contribution in [1.82, 2.24) is 5.32 Å². The zero-order chi connectivity index (χ0) is 9.97. The van der Waals surface area contributed by atoms with Crippen LogP contribution in [0.25, 0.3) is 0 Å². The number of rotatable bonds is 1. The second kappa shape index (κ2) is 4.11. The molecular formula is C10H10BrNO2. The summed E-state index contributed by atoms with van der Waals surface area (Å²) in [5.74, 6) is -0.0451. The quantitative estimate of drug-likeness (QED) is 0.829. The monoisotopic (exact) mass is 255 g/mol. The molecule has 0 radical (unpaired) electrons. The molecule has 1 aliphatic heterocycles. The number of morpholine rings is 1. The fourth-order valence-electron chi connectivity index (χ4n) is 1.41. The van der Waals surface area contributed by atoms with Crippen LogP contribution in [-0.2, 0) is 9.53 Å². The highest BCUT2D eigenvalue weighted by molar-refractivity contribution is 9.10. The van der Waals surface area contributed by atoms with Crippen molar-refractivity contribution in [2.24, 2.45) is 0 Å². The normalized spacial score (nSPS) is 21.8. The van der Waals surface area contributed by atoms with Gasteiger partial charge in [-0.3, -0.25) is 4.79 Å². The van der Waals surface area contributed by atoms with E-state index in [0.29, 0.717) is 6.54 Å². The highest BCUT2D eigenvalue weighted by Gasteiger charge is 2.19. The number of hydrogen-bond acceptors (Lipinski definition) is 2. The summed E-state index contributed by atoms with van der Waals surface area (Å²) in [5.41, 5.74) is 1.08. The Kier molecular flexibility index (Phi) is 2.84. The summed E-state index contributed by atoms with van der Waals surface area (Å²) in [5, 5.41) is 2.77. The van der Waals surface area contributed by atoms with Gasteiger partial charge in [-0.1, -0.05) is 28.1 Å². The van der Waals surface area contributed by atoms with Gasteiger partial charge >= 0.3 is 0 Å². The van der Waals surface area contributed by atoms with Gasteiger partial charge in [0.05, 0.1) is 0 Å². The first kappa shape index (κ1) is 9.68. The number of amides is 1. The van der Waals surface area contributed by atoms with Crippen LogP contribution in [0.5, 0.6) is 0 Å². The molecule has 0 spiro atoms. The van der Waals surface area contributed by atoms with E-state index >= 15 is 0 Å². The van der Waals surface area contributed by atoms with Crippen molar-refractivity contribution in [3.63, 3.8) is 0 Å². The minimum absolute atomic E-state index is 0.0230. The van der Waals surface area contributed by atoms with Gasteiger partial charge in [0.15, 0.2) is 0 Å². The maximum Gasteiger partial charge on any atom is 0.246 e. The summed E-state index contributed by atoms with van der Waals surface area (Å²) in [6.07, 6.45) is -0.0230. The average Bonchev–Trinajstić information content (AvgIpc) is 2.19. The number of carbonyl (C=O) groups is 1. The van der Waals surface area contributed by atoms with Gasteiger partial charge in [-0.05, 0) is 17.7 Å². The molecule has 0 bridgehead atoms. The predicted octanol–water partition coefficient (Wildman–Crippen LogP) is 1.64. The lowest BCUT2D eigenvalue weighted by molar-refractivity contribution is -0.133. The molecular weight excluding hydrogens is 246 g/mol. The zero-order valence-corrected chi connectivity index (χ0v) is 9.08. The Bertz CT molecular complexity index is 344. The van der Waals surface area contributed by atoms with Gasteiger partial charge in [0.1, 0.15) is 12.7 Å². The minimum atomic E-state index is -0.0451. The van der Waals surface area contributed by atoms with Crippen LogP contribution < -0.4 is 5.32 Å². The molecule has 74 valence electrons. The van der Waals surface area contributed by atoms with E-state index in [2.05, 4.69) is 21.2 Å². The van der Waals surface area contributed by atoms with Crippen LogP contribution in [0, 0.1) is 0 Å². The van der Waals surface area contributed by atoms with Crippen LogP contribution in [0.3, 0.4) is 0 Å². The lowest BCUT2D eigenvalue weighted by Gasteiger charge is -2.23. The van der Waals surface area contributed by atoms with E-state index in [1.165, 1.54) is 0 Å². The predicted molar refractivity (Wildman–Crippen MR) is 55.8 cm³/mol. The molecule has 1 saturated heterocycles. The third kappa shape index (κ3) is 2.13. The van der Waals surface area contributed by atoms with Crippen molar-refractivity contribution in [2.45, 2.75) is 6.10 Å². The summed E-state index contributed by atoms with van der Waals surface area (Å²) >= 11 is 3.40. The van der Waals surface area contributed by atoms with E-state index in [1.54, 1.807) is 0 Å². The molecule has 4 heteroatoms. The number of nitrogens with one attached hydrogen (secondary N) is 1. The molecule has 1 N–H and O–H groups in total. The second-order valence-electron chi connectivity index (χ2n) is 3.16. The van der Waals surface area contributed by atoms with Gasteiger partial charge in [-0.15, -0.1) is 0 Å². The van der Waals surface area contributed by atoms with E-state index in [0.717, 1.165) is 10.0 Å². The molecule has 1 aromatic carbocycles. The van der Waals surface area contributed by atoms with Crippen LogP contribution in [0.1, 0.15) is 11.7 Å². The van der Waals surface area contributed by atoms with Crippen molar-refractivity contribution in [1.29, 1.82) is 0 Å². The fraction of sp³-hybridized carbons (Fsp3) is 0.300. The molecule has 0 saturated carbocycles. The SMILES string of the molecule is O=C1CO[C@H](c2cccc(Br)c2)CN1. The summed E-state index contributed by atoms with van der Waals surface area (Å²) in [4.78, 5) is 10.9. The summed E-state index contributed by atoms with van der Waals surface area (Å²) in [7, 11) is 0. The maximum atomic E-state index is 10.9. The molecule has 1 fully saturated rings. The standard InChI is InChI=1S/C10H10BrNO2/c11-8-3-1-2-7(4-8)9-5-12-10(13)6-14-9/h1-4,9H,5-6H2,(H,12,13)/t9-/m0/s1. The number of benzene rings is 1. The van der Waals surface area contributed by atoms with Crippen LogP contribution in [0.2, 0.25) is 0 Å². The van der Waals surface area contributed by atoms with Crippen molar-refractivity contribution >= 4 is 21.8 Å². The van der Waals surface area contributed by atoms with Gasteiger partial charge in [0.25, 0.3) is 0 Å². The third-order valence-corrected chi connectivity index (χ3v) is 2.61. The molecule has 0 unspecified atom stereocenters. The van der Waals surface area contributed by atoms with Crippen molar-refractivity contribution in [3.8, 4) is 0 Å². The van der Waals surface area contributed by atoms with Crippen molar-refractivity contribution < 1.29 is 9.53 Å². The highest BCUT2D eigenvalue weighted by atomic mass is 79.9. The van der Waals surface area contributed by atoms with Crippen molar-refractivity contribution in [3.05, 3.63) is 34.3 Å². The minimum Gasteiger partial charge on any atom is -0.362 e. The summed E-state index contributed by atoms with van der Waals surface area (Å²) in [6, 6.07) is 7.92. The molecule has 14 heavy (non-hydrogen) atoms. The van der Waals surface area contributed by atoms with E-state index in [9.17, 15) is 4.79 Å². The molecule has 0 aromatic heterocycles. The Labute approximate surface area is 90.6 Å². The van der Waals surface area contributed by atoms with Crippen molar-refractivity contribution in [2.75, 3.05) is 13.2 Å². The number of carbonyl (C=O) groups excluding carboxylic acids is 1. The number of ether oxygens (including phenoxy) is 1. The second-order valence-corrected chi connectivity index (χ2v) is 4.07. The third-order valence-electron chi connectivity index (χ3n) is 2.12. The Morgan fingerprint density at radius 3 is 3.00 bits per heavy atom. The molecule has 1 aliphatic rings. The highest BCUT2D eigenvalue weighted by Crippen LogP contribution is 2.21. The van der Waals surface area contributed by atoms with Crippen LogP contribution in [0.15, 0.2) is 28.7 Å². The smallest absolute Gasteiger partial charge is 0.246 e. The van der Waals surface area contributed by atoms with E-state index < -0.39 is 0 Å². The first-order valence-electron chi connectivity index (χ1n) is 4.39. The first-order valence-corrected chi connectivity index (χ1v) is 5.19. The van der Waals surface area contributed by atoms with Crippen LogP contribution in [-0.4, -0.2) is 19.1 Å². The Morgan fingerprint density at radius 1 is 1.50 bits per heavy atom. The largest absolute Gasteiger partial charge is 0.362 e. The Balaban J connectivity index is 2.12. The number of halogens is 1. The Hall–Kier alpha value is -0.870. The number of hydrogen-bond donors (Lipinski definition) is 1. The van der Waals surface area contributed by atoms with Gasteiger partial charge in [-0.25, -0.2) is 0 Å². The maximum absolute atomic E-state index is 10.9. The van der Waals surface area contributed by atoms with Gasteiger partial charge in [0.2, 0.25) is 5.91 Å². The van der Waals surface area contributed by atoms with Gasteiger partial charge < -0.3 is 10.1 Å². The van der Waals surface area contributed by atoms with Crippen LogP contribution in [0.4, 0.5) is 0 Å². The molecule has 1 aromatic rings. The van der Waals surface area contributed by atoms with Gasteiger partial charge in [0, 0.05) is 11.0 Å². The molecule has 2 rings (SSSR count). The molecule has 0 aliphatic carbocycles. The zero-order valence-electron chi connectivity index (χ0n) is 7.50. The topological polar surface area (TPSA) is 38.3 Å². The first-order chi connectivity index (χ1) is 6.75. The Morgan fingerprint density at radius 2 is 2.36 bits per heavy atom. The molecule has 1 heterocycles. The van der Waals surface area contributed by atoms with E-state index in [1.807, 2.05) is 24.3 Å². The lowest BCUT2D eigenvalue weighted by Crippen LogP contribution is -2.38. The summed E-state index contributed by atoms with van der Waals surface area (Å²) in [6.45, 7) is 0.701. The lowest BCUT2D eigenvalue weighted by atomic mass is 10.1. The molecule has 1 atom stereocenters. The van der Waals surface area contributed by atoms with Gasteiger partial charge in [-0.2, -0.15) is 0 Å². The molecule has 3 nitrogen and oxygen atoms in total. The molecule has 1 amide bonds. The van der Waals surface area contributed by atoms with Crippen LogP contribution >= 0.6 is 15.9 Å². The average molecular weight is 256 g/mol. The van der Waals surface area contributed by atoms with E-state index in [-0.39, 0.29) is 18.6 Å².